The second-order valence-electron chi connectivity index (χ2n) is 7.04. The lowest BCUT2D eigenvalue weighted by Gasteiger charge is -2.21. The second-order valence-corrected chi connectivity index (χ2v) is 7.31. The minimum absolute atomic E-state index is 0.242. The van der Waals surface area contributed by atoms with Crippen LogP contribution in [-0.2, 0) is 4.79 Å². The van der Waals surface area contributed by atoms with Crippen LogP contribution in [0.5, 0.6) is 17.4 Å². The van der Waals surface area contributed by atoms with Gasteiger partial charge in [0.25, 0.3) is 5.88 Å². The first-order valence-corrected chi connectivity index (χ1v) is 10.1. The lowest BCUT2D eigenvalue weighted by molar-refractivity contribution is -0.131. The molecular formula is C22H29ClN2O3. The summed E-state index contributed by atoms with van der Waals surface area (Å²) in [5.41, 5.74) is 4.58. The van der Waals surface area contributed by atoms with Crippen molar-refractivity contribution in [2.24, 2.45) is 0 Å². The molecule has 0 atom stereocenters. The van der Waals surface area contributed by atoms with Crippen LogP contribution in [0.25, 0.3) is 0 Å². The van der Waals surface area contributed by atoms with Gasteiger partial charge < -0.3 is 14.8 Å². The van der Waals surface area contributed by atoms with Crippen molar-refractivity contribution in [3.8, 4) is 17.4 Å². The summed E-state index contributed by atoms with van der Waals surface area (Å²) in [4.78, 5) is 16.5. The number of aromatic nitrogens is 1. The topological polar surface area (TPSA) is 60.5 Å². The third-order valence-corrected chi connectivity index (χ3v) is 4.76. The molecule has 0 spiro atoms. The van der Waals surface area contributed by atoms with E-state index < -0.39 is 5.97 Å². The quantitative estimate of drug-likeness (QED) is 0.441. The monoisotopic (exact) mass is 404 g/mol. The van der Waals surface area contributed by atoms with Crippen molar-refractivity contribution in [1.29, 1.82) is 0 Å². The SMILES string of the molecule is CCC(CC)Nc1cc(C)nc(Oc2c(C)cc(C)cc2C)c1OC(=O)CCl. The fourth-order valence-corrected chi connectivity index (χ4v) is 3.24. The number of rotatable bonds is 8. The number of aryl methyl sites for hydroxylation is 4. The summed E-state index contributed by atoms with van der Waals surface area (Å²) in [7, 11) is 0. The number of carbonyl (C=O) groups excluding carboxylic acids is 1. The van der Waals surface area contributed by atoms with Crippen LogP contribution >= 0.6 is 11.6 Å². The number of nitrogens with one attached hydrogen (secondary N) is 1. The fraction of sp³-hybridized carbons (Fsp3) is 0.455. The van der Waals surface area contributed by atoms with E-state index in [1.807, 2.05) is 45.9 Å². The Balaban J connectivity index is 2.55. The highest BCUT2D eigenvalue weighted by Crippen LogP contribution is 2.40. The Bertz CT molecular complexity index is 825. The van der Waals surface area contributed by atoms with Crippen LogP contribution in [0, 0.1) is 27.7 Å². The molecule has 2 rings (SSSR count). The third-order valence-electron chi connectivity index (χ3n) is 4.54. The van der Waals surface area contributed by atoms with Crippen LogP contribution in [0.4, 0.5) is 5.69 Å². The Labute approximate surface area is 172 Å². The van der Waals surface area contributed by atoms with E-state index in [9.17, 15) is 4.79 Å². The van der Waals surface area contributed by atoms with Gasteiger partial charge in [0.15, 0.2) is 0 Å². The standard InChI is InChI=1S/C22H29ClN2O3/c1-7-17(8-2)25-18-11-16(6)24-22(21(18)27-19(26)12-23)28-20-14(4)9-13(3)10-15(20)5/h9-11,17H,7-8,12H2,1-6H3,(H,24,25). The molecule has 152 valence electrons. The maximum atomic E-state index is 12.0. The molecule has 6 heteroatoms. The van der Waals surface area contributed by atoms with E-state index in [2.05, 4.69) is 24.1 Å². The highest BCUT2D eigenvalue weighted by molar-refractivity contribution is 6.26. The lowest BCUT2D eigenvalue weighted by atomic mass is 10.1. The Morgan fingerprint density at radius 2 is 1.68 bits per heavy atom. The number of ether oxygens (including phenoxy) is 2. The van der Waals surface area contributed by atoms with E-state index in [4.69, 9.17) is 21.1 Å². The molecule has 0 amide bonds. The summed E-state index contributed by atoms with van der Waals surface area (Å²) in [6.07, 6.45) is 1.88. The first-order valence-electron chi connectivity index (χ1n) is 9.59. The van der Waals surface area contributed by atoms with Crippen molar-refractivity contribution in [1.82, 2.24) is 4.98 Å². The molecule has 0 aliphatic rings. The lowest BCUT2D eigenvalue weighted by Crippen LogP contribution is -2.19. The van der Waals surface area contributed by atoms with Crippen molar-refractivity contribution >= 4 is 23.3 Å². The summed E-state index contributed by atoms with van der Waals surface area (Å²) in [6.45, 7) is 12.1. The van der Waals surface area contributed by atoms with E-state index in [0.29, 0.717) is 11.4 Å². The molecule has 0 fully saturated rings. The number of benzene rings is 1. The van der Waals surface area contributed by atoms with E-state index in [-0.39, 0.29) is 23.6 Å². The van der Waals surface area contributed by atoms with E-state index in [1.165, 1.54) is 0 Å². The van der Waals surface area contributed by atoms with Gasteiger partial charge in [0.1, 0.15) is 11.6 Å². The van der Waals surface area contributed by atoms with Crippen LogP contribution in [0.3, 0.4) is 0 Å². The molecule has 1 N–H and O–H groups in total. The summed E-state index contributed by atoms with van der Waals surface area (Å²) < 4.78 is 11.7. The Morgan fingerprint density at radius 3 is 2.21 bits per heavy atom. The maximum absolute atomic E-state index is 12.0. The van der Waals surface area contributed by atoms with Gasteiger partial charge in [-0.3, -0.25) is 4.79 Å². The van der Waals surface area contributed by atoms with Gasteiger partial charge in [0, 0.05) is 11.7 Å². The number of hydrogen-bond donors (Lipinski definition) is 1. The van der Waals surface area contributed by atoms with Crippen LogP contribution in [-0.4, -0.2) is 22.9 Å². The van der Waals surface area contributed by atoms with Gasteiger partial charge in [-0.15, -0.1) is 11.6 Å². The normalized spacial score (nSPS) is 10.9. The predicted octanol–water partition coefficient (Wildman–Crippen LogP) is 5.85. The summed E-state index contributed by atoms with van der Waals surface area (Å²) in [6, 6.07) is 6.19. The average Bonchev–Trinajstić information content (AvgIpc) is 2.64. The number of pyridine rings is 1. The zero-order chi connectivity index (χ0) is 20.8. The predicted molar refractivity (Wildman–Crippen MR) is 114 cm³/mol. The van der Waals surface area contributed by atoms with E-state index in [0.717, 1.165) is 35.2 Å². The number of anilines is 1. The van der Waals surface area contributed by atoms with Crippen LogP contribution in [0.1, 0.15) is 49.1 Å². The van der Waals surface area contributed by atoms with Gasteiger partial charge in [-0.1, -0.05) is 31.5 Å². The average molecular weight is 405 g/mol. The molecule has 2 aromatic rings. The number of halogens is 1. The van der Waals surface area contributed by atoms with Crippen molar-refractivity contribution < 1.29 is 14.3 Å². The third kappa shape index (κ3) is 5.38. The molecule has 0 aliphatic heterocycles. The van der Waals surface area contributed by atoms with E-state index >= 15 is 0 Å². The van der Waals surface area contributed by atoms with Crippen LogP contribution in [0.2, 0.25) is 0 Å². The molecular weight excluding hydrogens is 376 g/mol. The Morgan fingerprint density at radius 1 is 1.07 bits per heavy atom. The minimum Gasteiger partial charge on any atom is -0.435 e. The number of nitrogens with zero attached hydrogens (tertiary/aromatic N) is 1. The van der Waals surface area contributed by atoms with Crippen molar-refractivity contribution in [2.45, 2.75) is 60.4 Å². The minimum atomic E-state index is -0.554. The molecule has 0 bridgehead atoms. The highest BCUT2D eigenvalue weighted by atomic mass is 35.5. The molecule has 0 saturated carbocycles. The van der Waals surface area contributed by atoms with Crippen molar-refractivity contribution in [2.75, 3.05) is 11.2 Å². The zero-order valence-electron chi connectivity index (χ0n) is 17.5. The molecule has 1 aromatic heterocycles. The fourth-order valence-electron chi connectivity index (χ4n) is 3.19. The summed E-state index contributed by atoms with van der Waals surface area (Å²) >= 11 is 5.67. The molecule has 0 radical (unpaired) electrons. The first kappa shape index (κ1) is 22.0. The van der Waals surface area contributed by atoms with E-state index in [1.54, 1.807) is 0 Å². The summed E-state index contributed by atoms with van der Waals surface area (Å²) in [5.74, 6) is 0.423. The molecule has 0 unspecified atom stereocenters. The molecule has 5 nitrogen and oxygen atoms in total. The molecule has 0 aliphatic carbocycles. The number of alkyl halides is 1. The van der Waals surface area contributed by atoms with Gasteiger partial charge in [-0.2, -0.15) is 0 Å². The van der Waals surface area contributed by atoms with Crippen molar-refractivity contribution in [3.05, 3.63) is 40.6 Å². The molecule has 0 saturated heterocycles. The molecule has 28 heavy (non-hydrogen) atoms. The van der Waals surface area contributed by atoms with Gasteiger partial charge in [-0.25, -0.2) is 4.98 Å². The second kappa shape index (κ2) is 9.78. The van der Waals surface area contributed by atoms with Crippen LogP contribution < -0.4 is 14.8 Å². The Hall–Kier alpha value is -2.27. The zero-order valence-corrected chi connectivity index (χ0v) is 18.2. The van der Waals surface area contributed by atoms with Gasteiger partial charge in [0.2, 0.25) is 5.75 Å². The largest absolute Gasteiger partial charge is 0.435 e. The molecule has 1 heterocycles. The smallest absolute Gasteiger partial charge is 0.326 e. The number of esters is 1. The molecule has 1 aromatic carbocycles. The maximum Gasteiger partial charge on any atom is 0.326 e. The van der Waals surface area contributed by atoms with Crippen LogP contribution in [0.15, 0.2) is 18.2 Å². The summed E-state index contributed by atoms with van der Waals surface area (Å²) in [5, 5.41) is 3.44. The van der Waals surface area contributed by atoms with Gasteiger partial charge in [0.05, 0.1) is 5.69 Å². The number of carbonyl (C=O) groups is 1. The highest BCUT2D eigenvalue weighted by Gasteiger charge is 2.21. The van der Waals surface area contributed by atoms with Gasteiger partial charge in [-0.05, 0) is 57.7 Å². The Kier molecular flexibility index (Phi) is 7.69. The first-order chi connectivity index (χ1) is 13.3. The number of hydrogen-bond acceptors (Lipinski definition) is 5. The van der Waals surface area contributed by atoms with Gasteiger partial charge >= 0.3 is 5.97 Å². The van der Waals surface area contributed by atoms with Crippen molar-refractivity contribution in [3.63, 3.8) is 0 Å².